The predicted octanol–water partition coefficient (Wildman–Crippen LogP) is 0.0708. The fraction of sp³-hybridized carbons (Fsp3) is 0.818. The monoisotopic (exact) mass is 208 g/mol. The van der Waals surface area contributed by atoms with Crippen LogP contribution in [0.5, 0.6) is 0 Å². The number of piperidine rings is 1. The summed E-state index contributed by atoms with van der Waals surface area (Å²) >= 11 is 0. The summed E-state index contributed by atoms with van der Waals surface area (Å²) in [6.45, 7) is 0.778. The Morgan fingerprint density at radius 3 is 2.20 bits per heavy atom. The Labute approximate surface area is 89.0 Å². The average molecular weight is 208 g/mol. The summed E-state index contributed by atoms with van der Waals surface area (Å²) in [6, 6.07) is 1.20. The summed E-state index contributed by atoms with van der Waals surface area (Å²) in [5, 5.41) is 2.88. The number of carbonyl (C=O) groups excluding carboxylic acids is 2. The van der Waals surface area contributed by atoms with Gasteiger partial charge in [-0.15, -0.1) is 0 Å². The maximum Gasteiger partial charge on any atom is 0.221 e. The van der Waals surface area contributed by atoms with E-state index in [1.165, 1.54) is 0 Å². The number of amides is 1. The lowest BCUT2D eigenvalue weighted by Gasteiger charge is -2.37. The van der Waals surface area contributed by atoms with Gasteiger partial charge in [0.1, 0.15) is 5.78 Å². The standard InChI is InChI=1S/C11H16N2O2/c14-10-3-7-1-2-8(4-10)13(7)9-5-11(15)12-6-9/h7-9H,1-6H2,(H,12,15). The normalized spacial score (nSPS) is 40.9. The molecule has 0 aromatic heterocycles. The molecule has 0 aliphatic carbocycles. The summed E-state index contributed by atoms with van der Waals surface area (Å²) in [5.74, 6) is 0.576. The van der Waals surface area contributed by atoms with Gasteiger partial charge in [0.2, 0.25) is 5.91 Å². The number of nitrogens with zero attached hydrogens (tertiary/aromatic N) is 1. The first-order valence-corrected chi connectivity index (χ1v) is 5.80. The van der Waals surface area contributed by atoms with E-state index in [-0.39, 0.29) is 5.91 Å². The van der Waals surface area contributed by atoms with E-state index >= 15 is 0 Å². The zero-order valence-electron chi connectivity index (χ0n) is 8.74. The first kappa shape index (κ1) is 9.33. The number of rotatable bonds is 1. The van der Waals surface area contributed by atoms with Crippen molar-refractivity contribution >= 4 is 11.7 Å². The summed E-state index contributed by atoms with van der Waals surface area (Å²) in [7, 11) is 0. The molecule has 0 radical (unpaired) electrons. The van der Waals surface area contributed by atoms with Gasteiger partial charge < -0.3 is 5.32 Å². The fourth-order valence-corrected chi connectivity index (χ4v) is 3.40. The van der Waals surface area contributed by atoms with Gasteiger partial charge in [-0.25, -0.2) is 0 Å². The molecule has 0 aromatic carbocycles. The minimum absolute atomic E-state index is 0.163. The van der Waals surface area contributed by atoms with Crippen LogP contribution in [0, 0.1) is 0 Å². The molecule has 4 heteroatoms. The number of hydrogen-bond donors (Lipinski definition) is 1. The van der Waals surface area contributed by atoms with E-state index in [0.29, 0.717) is 43.2 Å². The van der Waals surface area contributed by atoms with Crippen LogP contribution < -0.4 is 5.32 Å². The van der Waals surface area contributed by atoms with E-state index in [0.717, 1.165) is 19.4 Å². The first-order chi connectivity index (χ1) is 7.24. The summed E-state index contributed by atoms with van der Waals surface area (Å²) in [5.41, 5.74) is 0. The Bertz CT molecular complexity index is 300. The molecule has 0 saturated carbocycles. The van der Waals surface area contributed by atoms with Crippen molar-refractivity contribution in [2.75, 3.05) is 6.54 Å². The largest absolute Gasteiger partial charge is 0.354 e. The van der Waals surface area contributed by atoms with Gasteiger partial charge in [-0.05, 0) is 12.8 Å². The molecule has 3 saturated heterocycles. The smallest absolute Gasteiger partial charge is 0.221 e. The second-order valence-corrected chi connectivity index (χ2v) is 4.94. The molecular formula is C11H16N2O2. The Morgan fingerprint density at radius 1 is 1.00 bits per heavy atom. The zero-order valence-corrected chi connectivity index (χ0v) is 8.74. The zero-order chi connectivity index (χ0) is 10.4. The topological polar surface area (TPSA) is 49.4 Å². The van der Waals surface area contributed by atoms with Gasteiger partial charge in [0.05, 0.1) is 0 Å². The molecule has 3 aliphatic heterocycles. The number of Topliss-reactive ketones (excluding diaryl/α,β-unsaturated/α-hetero) is 1. The maximum absolute atomic E-state index is 11.4. The number of hydrogen-bond acceptors (Lipinski definition) is 3. The maximum atomic E-state index is 11.4. The van der Waals surface area contributed by atoms with Gasteiger partial charge in [0, 0.05) is 43.9 Å². The Kier molecular flexibility index (Phi) is 2.06. The lowest BCUT2D eigenvalue weighted by Crippen LogP contribution is -2.49. The van der Waals surface area contributed by atoms with Crippen LogP contribution in [0.4, 0.5) is 0 Å². The van der Waals surface area contributed by atoms with Crippen molar-refractivity contribution in [2.24, 2.45) is 0 Å². The molecule has 2 bridgehead atoms. The molecule has 0 aromatic rings. The molecule has 0 spiro atoms. The van der Waals surface area contributed by atoms with Crippen molar-refractivity contribution in [3.8, 4) is 0 Å². The second-order valence-electron chi connectivity index (χ2n) is 4.94. The lowest BCUT2D eigenvalue weighted by atomic mass is 9.98. The van der Waals surface area contributed by atoms with Crippen LogP contribution in [0.15, 0.2) is 0 Å². The molecular weight excluding hydrogens is 192 g/mol. The van der Waals surface area contributed by atoms with Gasteiger partial charge in [-0.1, -0.05) is 0 Å². The molecule has 1 amide bonds. The minimum atomic E-state index is 0.163. The van der Waals surface area contributed by atoms with Crippen molar-refractivity contribution in [3.05, 3.63) is 0 Å². The Hall–Kier alpha value is -0.900. The average Bonchev–Trinajstić information content (AvgIpc) is 2.69. The number of nitrogens with one attached hydrogen (secondary N) is 1. The van der Waals surface area contributed by atoms with Crippen molar-refractivity contribution in [1.29, 1.82) is 0 Å². The van der Waals surface area contributed by atoms with Crippen LogP contribution in [0.3, 0.4) is 0 Å². The first-order valence-electron chi connectivity index (χ1n) is 5.80. The van der Waals surface area contributed by atoms with Crippen LogP contribution in [-0.2, 0) is 9.59 Å². The quantitative estimate of drug-likeness (QED) is 0.663. The van der Waals surface area contributed by atoms with Crippen LogP contribution in [0.25, 0.3) is 0 Å². The molecule has 3 fully saturated rings. The highest BCUT2D eigenvalue weighted by Gasteiger charge is 2.44. The SMILES string of the molecule is O=C1CC2CCC(C1)N2C1CNC(=O)C1. The Morgan fingerprint density at radius 2 is 1.67 bits per heavy atom. The summed E-state index contributed by atoms with van der Waals surface area (Å²) < 4.78 is 0. The molecule has 1 N–H and O–H groups in total. The molecule has 3 unspecified atom stereocenters. The number of ketones is 1. The summed E-state index contributed by atoms with van der Waals surface area (Å²) in [6.07, 6.45) is 4.33. The predicted molar refractivity (Wildman–Crippen MR) is 54.3 cm³/mol. The molecule has 3 atom stereocenters. The van der Waals surface area contributed by atoms with Crippen molar-refractivity contribution in [3.63, 3.8) is 0 Å². The van der Waals surface area contributed by atoms with Crippen molar-refractivity contribution in [1.82, 2.24) is 10.2 Å². The van der Waals surface area contributed by atoms with Crippen molar-refractivity contribution < 1.29 is 9.59 Å². The van der Waals surface area contributed by atoms with Gasteiger partial charge >= 0.3 is 0 Å². The number of carbonyl (C=O) groups is 2. The van der Waals surface area contributed by atoms with E-state index in [1.807, 2.05) is 0 Å². The third-order valence-corrected chi connectivity index (χ3v) is 3.98. The van der Waals surface area contributed by atoms with E-state index < -0.39 is 0 Å². The van der Waals surface area contributed by atoms with Gasteiger partial charge in [0.25, 0.3) is 0 Å². The van der Waals surface area contributed by atoms with E-state index in [9.17, 15) is 9.59 Å². The third kappa shape index (κ3) is 1.47. The lowest BCUT2D eigenvalue weighted by molar-refractivity contribution is -0.124. The van der Waals surface area contributed by atoms with E-state index in [2.05, 4.69) is 10.2 Å². The molecule has 3 heterocycles. The Balaban J connectivity index is 1.77. The molecule has 3 rings (SSSR count). The minimum Gasteiger partial charge on any atom is -0.354 e. The van der Waals surface area contributed by atoms with E-state index in [1.54, 1.807) is 0 Å². The van der Waals surface area contributed by atoms with Crippen LogP contribution in [-0.4, -0.2) is 41.3 Å². The van der Waals surface area contributed by atoms with E-state index in [4.69, 9.17) is 0 Å². The van der Waals surface area contributed by atoms with Crippen LogP contribution in [0.1, 0.15) is 32.1 Å². The van der Waals surface area contributed by atoms with Gasteiger partial charge in [-0.3, -0.25) is 14.5 Å². The van der Waals surface area contributed by atoms with Gasteiger partial charge in [-0.2, -0.15) is 0 Å². The van der Waals surface area contributed by atoms with Crippen molar-refractivity contribution in [2.45, 2.75) is 50.2 Å². The highest BCUT2D eigenvalue weighted by molar-refractivity contribution is 5.81. The molecule has 4 nitrogen and oxygen atoms in total. The molecule has 15 heavy (non-hydrogen) atoms. The third-order valence-electron chi connectivity index (χ3n) is 3.98. The molecule has 3 aliphatic rings. The van der Waals surface area contributed by atoms with Crippen LogP contribution in [0.2, 0.25) is 0 Å². The summed E-state index contributed by atoms with van der Waals surface area (Å²) in [4.78, 5) is 25.1. The highest BCUT2D eigenvalue weighted by atomic mass is 16.2. The molecule has 82 valence electrons. The van der Waals surface area contributed by atoms with Gasteiger partial charge in [0.15, 0.2) is 0 Å². The second kappa shape index (κ2) is 3.30. The fourth-order valence-electron chi connectivity index (χ4n) is 3.40. The number of fused-ring (bicyclic) bond motifs is 2. The highest BCUT2D eigenvalue weighted by Crippen LogP contribution is 2.36. The van der Waals surface area contributed by atoms with Crippen LogP contribution >= 0.6 is 0 Å².